The second kappa shape index (κ2) is 7.05. The number of aromatic nitrogens is 1. The van der Waals surface area contributed by atoms with Gasteiger partial charge in [-0.25, -0.2) is 0 Å². The third-order valence-corrected chi connectivity index (χ3v) is 5.45. The number of nitrogens with zero attached hydrogens (tertiary/aromatic N) is 1. The second-order valence-electron chi connectivity index (χ2n) is 7.48. The van der Waals surface area contributed by atoms with Crippen LogP contribution in [0.3, 0.4) is 0 Å². The van der Waals surface area contributed by atoms with Gasteiger partial charge in [-0.05, 0) is 43.2 Å². The van der Waals surface area contributed by atoms with Gasteiger partial charge in [0.25, 0.3) is 11.5 Å². The fraction of sp³-hybridized carbons (Fsp3) is 0.227. The number of carbonyl (C=O) groups excluding carboxylic acids is 2. The molecule has 2 aliphatic rings. The van der Waals surface area contributed by atoms with Gasteiger partial charge < -0.3 is 29.8 Å². The first kappa shape index (κ1) is 19.0. The lowest BCUT2D eigenvalue weighted by Gasteiger charge is -2.22. The summed E-state index contributed by atoms with van der Waals surface area (Å²) in [5.74, 6) is -0.226. The number of aryl methyl sites for hydroxylation is 2. The van der Waals surface area contributed by atoms with Crippen LogP contribution in [0.5, 0.6) is 17.2 Å². The molecular weight excluding hydrogens is 402 g/mol. The summed E-state index contributed by atoms with van der Waals surface area (Å²) in [4.78, 5) is 37.2. The van der Waals surface area contributed by atoms with E-state index in [0.717, 1.165) is 5.56 Å². The van der Waals surface area contributed by atoms with Gasteiger partial charge in [-0.3, -0.25) is 14.4 Å². The van der Waals surface area contributed by atoms with Crippen molar-refractivity contribution in [1.82, 2.24) is 4.57 Å². The summed E-state index contributed by atoms with van der Waals surface area (Å²) >= 11 is 0. The number of nitrogens with one attached hydrogen (secondary N) is 2. The highest BCUT2D eigenvalue weighted by molar-refractivity contribution is 6.10. The molecule has 3 N–H and O–H groups in total. The highest BCUT2D eigenvalue weighted by Crippen LogP contribution is 2.45. The summed E-state index contributed by atoms with van der Waals surface area (Å²) in [5, 5.41) is 16.6. The number of pyridine rings is 1. The highest BCUT2D eigenvalue weighted by Gasteiger charge is 2.30. The number of hydrogen-bond acceptors (Lipinski definition) is 6. The molecular formula is C22H19N3O6. The Hall–Kier alpha value is -4.01. The predicted molar refractivity (Wildman–Crippen MR) is 113 cm³/mol. The van der Waals surface area contributed by atoms with E-state index < -0.39 is 11.5 Å². The van der Waals surface area contributed by atoms with Gasteiger partial charge in [0, 0.05) is 35.8 Å². The van der Waals surface area contributed by atoms with Gasteiger partial charge in [0.2, 0.25) is 12.7 Å². The smallest absolute Gasteiger partial charge is 0.267 e. The second-order valence-corrected chi connectivity index (χ2v) is 7.48. The maximum atomic E-state index is 13.2. The Kier molecular flexibility index (Phi) is 4.32. The molecule has 158 valence electrons. The van der Waals surface area contributed by atoms with Gasteiger partial charge in [0.1, 0.15) is 11.3 Å². The van der Waals surface area contributed by atoms with Crippen molar-refractivity contribution >= 4 is 34.1 Å². The van der Waals surface area contributed by atoms with Gasteiger partial charge in [-0.1, -0.05) is 0 Å². The zero-order valence-corrected chi connectivity index (χ0v) is 16.7. The van der Waals surface area contributed by atoms with Gasteiger partial charge in [-0.15, -0.1) is 0 Å². The third-order valence-electron chi connectivity index (χ3n) is 5.45. The minimum absolute atomic E-state index is 0.0749. The minimum Gasteiger partial charge on any atom is -0.506 e. The molecule has 0 unspecified atom stereocenters. The quantitative estimate of drug-likeness (QED) is 0.598. The van der Waals surface area contributed by atoms with Crippen LogP contribution in [-0.4, -0.2) is 28.3 Å². The molecule has 9 heteroatoms. The van der Waals surface area contributed by atoms with Gasteiger partial charge in [-0.2, -0.15) is 0 Å². The Morgan fingerprint density at radius 1 is 1.10 bits per heavy atom. The number of anilines is 2. The summed E-state index contributed by atoms with van der Waals surface area (Å²) in [5.41, 5.74) is 1.50. The lowest BCUT2D eigenvalue weighted by Crippen LogP contribution is -2.31. The molecule has 1 aromatic heterocycles. The predicted octanol–water partition coefficient (Wildman–Crippen LogP) is 2.59. The summed E-state index contributed by atoms with van der Waals surface area (Å²) < 4.78 is 12.6. The molecule has 5 rings (SSSR count). The molecule has 0 spiro atoms. The molecule has 2 aliphatic heterocycles. The van der Waals surface area contributed by atoms with Crippen LogP contribution in [-0.2, 0) is 17.8 Å². The first-order valence-electron chi connectivity index (χ1n) is 9.84. The first-order chi connectivity index (χ1) is 14.9. The van der Waals surface area contributed by atoms with E-state index in [1.54, 1.807) is 30.3 Å². The zero-order chi connectivity index (χ0) is 21.7. The molecule has 0 atom stereocenters. The number of carbonyl (C=O) groups is 2. The largest absolute Gasteiger partial charge is 0.506 e. The van der Waals surface area contributed by atoms with Crippen LogP contribution in [0.15, 0.2) is 35.1 Å². The molecule has 3 aromatic rings. The number of amides is 2. The van der Waals surface area contributed by atoms with Crippen molar-refractivity contribution in [1.29, 1.82) is 0 Å². The van der Waals surface area contributed by atoms with Crippen molar-refractivity contribution in [2.75, 3.05) is 17.4 Å². The van der Waals surface area contributed by atoms with Crippen LogP contribution in [0.25, 0.3) is 10.9 Å². The summed E-state index contributed by atoms with van der Waals surface area (Å²) in [6, 6.07) is 8.05. The number of benzene rings is 2. The van der Waals surface area contributed by atoms with Crippen LogP contribution in [0.2, 0.25) is 0 Å². The van der Waals surface area contributed by atoms with E-state index in [1.165, 1.54) is 11.5 Å². The van der Waals surface area contributed by atoms with Crippen molar-refractivity contribution < 1.29 is 24.2 Å². The molecule has 0 bridgehead atoms. The van der Waals surface area contributed by atoms with Gasteiger partial charge >= 0.3 is 0 Å². The van der Waals surface area contributed by atoms with E-state index in [0.29, 0.717) is 53.2 Å². The highest BCUT2D eigenvalue weighted by atomic mass is 16.7. The SMILES string of the molecule is CC(=O)Nc1ccc(NC(=O)c2c(O)c3cc4c(c5c3n(c2=O)CCC5)OCO4)cc1. The third kappa shape index (κ3) is 3.05. The van der Waals surface area contributed by atoms with Crippen LogP contribution in [0, 0.1) is 0 Å². The lowest BCUT2D eigenvalue weighted by atomic mass is 9.97. The Bertz CT molecular complexity index is 1310. The van der Waals surface area contributed by atoms with E-state index in [4.69, 9.17) is 9.47 Å². The Balaban J connectivity index is 1.57. The van der Waals surface area contributed by atoms with Crippen molar-refractivity contribution in [2.45, 2.75) is 26.3 Å². The van der Waals surface area contributed by atoms with Gasteiger partial charge in [0.05, 0.1) is 5.52 Å². The van der Waals surface area contributed by atoms with Crippen molar-refractivity contribution in [3.05, 3.63) is 51.8 Å². The lowest BCUT2D eigenvalue weighted by molar-refractivity contribution is -0.114. The van der Waals surface area contributed by atoms with Crippen LogP contribution >= 0.6 is 0 Å². The fourth-order valence-electron chi connectivity index (χ4n) is 4.16. The molecule has 0 fully saturated rings. The Morgan fingerprint density at radius 2 is 1.81 bits per heavy atom. The Morgan fingerprint density at radius 3 is 2.52 bits per heavy atom. The molecule has 3 heterocycles. The maximum absolute atomic E-state index is 13.2. The van der Waals surface area contributed by atoms with Crippen molar-refractivity contribution in [3.8, 4) is 17.2 Å². The number of rotatable bonds is 3. The minimum atomic E-state index is -0.717. The molecule has 2 aromatic carbocycles. The molecule has 0 radical (unpaired) electrons. The molecule has 2 amide bonds. The average molecular weight is 421 g/mol. The van der Waals surface area contributed by atoms with E-state index >= 15 is 0 Å². The van der Waals surface area contributed by atoms with E-state index in [9.17, 15) is 19.5 Å². The van der Waals surface area contributed by atoms with Crippen molar-refractivity contribution in [2.24, 2.45) is 0 Å². The molecule has 0 saturated heterocycles. The fourth-order valence-corrected chi connectivity index (χ4v) is 4.16. The summed E-state index contributed by atoms with van der Waals surface area (Å²) in [6.45, 7) is 1.91. The van der Waals surface area contributed by atoms with Gasteiger partial charge in [0.15, 0.2) is 11.5 Å². The average Bonchev–Trinajstić information content (AvgIpc) is 3.22. The number of fused-ring (bicyclic) bond motifs is 2. The molecule has 9 nitrogen and oxygen atoms in total. The van der Waals surface area contributed by atoms with E-state index in [1.807, 2.05) is 0 Å². The Labute approximate surface area is 176 Å². The molecule has 31 heavy (non-hydrogen) atoms. The number of ether oxygens (including phenoxy) is 2. The van der Waals surface area contributed by atoms with E-state index in [2.05, 4.69) is 10.6 Å². The van der Waals surface area contributed by atoms with Crippen LogP contribution in [0.1, 0.15) is 29.3 Å². The topological polar surface area (TPSA) is 119 Å². The number of aromatic hydroxyl groups is 1. The molecule has 0 saturated carbocycles. The zero-order valence-electron chi connectivity index (χ0n) is 16.7. The van der Waals surface area contributed by atoms with Crippen LogP contribution < -0.4 is 25.7 Å². The van der Waals surface area contributed by atoms with Crippen molar-refractivity contribution in [3.63, 3.8) is 0 Å². The normalized spacial score (nSPS) is 13.8. The maximum Gasteiger partial charge on any atom is 0.267 e. The van der Waals surface area contributed by atoms with E-state index in [-0.39, 0.29) is 24.0 Å². The number of hydrogen-bond donors (Lipinski definition) is 3. The van der Waals surface area contributed by atoms with Crippen LogP contribution in [0.4, 0.5) is 11.4 Å². The monoisotopic (exact) mass is 421 g/mol. The summed E-state index contributed by atoms with van der Waals surface area (Å²) in [6.07, 6.45) is 1.40. The summed E-state index contributed by atoms with van der Waals surface area (Å²) in [7, 11) is 0. The standard InChI is InChI=1S/C22H19N3O6/c1-11(26)23-12-4-6-13(7-5-12)24-21(28)17-19(27)15-9-16-20(31-10-30-16)14-3-2-8-25(18(14)15)22(17)29/h4-7,9,27H,2-3,8,10H2,1H3,(H,23,26)(H,24,28). The first-order valence-corrected chi connectivity index (χ1v) is 9.84. The molecule has 0 aliphatic carbocycles.